The summed E-state index contributed by atoms with van der Waals surface area (Å²) in [5.41, 5.74) is 14.9. The van der Waals surface area contributed by atoms with Gasteiger partial charge in [-0.25, -0.2) is 0 Å². The molecule has 2 nitrogen and oxygen atoms in total. The molecule has 1 heterocycles. The normalized spacial score (nSPS) is 13.7. The van der Waals surface area contributed by atoms with Crippen molar-refractivity contribution in [3.8, 4) is 56.0 Å². The van der Waals surface area contributed by atoms with Gasteiger partial charge in [0.2, 0.25) is 0 Å². The fourth-order valence-corrected chi connectivity index (χ4v) is 9.41. The van der Waals surface area contributed by atoms with Gasteiger partial charge >= 0.3 is 0 Å². The highest BCUT2D eigenvalue weighted by atomic mass is 16.5. The molecule has 0 N–H and O–H groups in total. The van der Waals surface area contributed by atoms with Crippen LogP contribution in [-0.4, -0.2) is 7.05 Å². The summed E-state index contributed by atoms with van der Waals surface area (Å²) in [5.74, 6) is 1.74. The molecular formula is C52H37NO. The maximum absolute atomic E-state index is 6.42. The molecule has 0 saturated heterocycles. The Kier molecular flexibility index (Phi) is 6.55. The van der Waals surface area contributed by atoms with Gasteiger partial charge in [0.15, 0.2) is 11.5 Å². The maximum atomic E-state index is 6.42. The van der Waals surface area contributed by atoms with Gasteiger partial charge in [-0.05, 0) is 124 Å². The van der Waals surface area contributed by atoms with Gasteiger partial charge in [-0.15, -0.1) is 0 Å². The number of para-hydroxylation sites is 2. The lowest BCUT2D eigenvalue weighted by Gasteiger charge is -2.30. The lowest BCUT2D eigenvalue weighted by atomic mass is 9.81. The monoisotopic (exact) mass is 691 g/mol. The van der Waals surface area contributed by atoms with Crippen LogP contribution in [0, 0.1) is 0 Å². The van der Waals surface area contributed by atoms with Crippen LogP contribution in [0.3, 0.4) is 0 Å². The highest BCUT2D eigenvalue weighted by Gasteiger charge is 2.35. The first-order valence-corrected chi connectivity index (χ1v) is 18.8. The molecule has 54 heavy (non-hydrogen) atoms. The second-order valence-corrected chi connectivity index (χ2v) is 15.3. The van der Waals surface area contributed by atoms with Gasteiger partial charge in [-0.2, -0.15) is 0 Å². The second-order valence-electron chi connectivity index (χ2n) is 15.3. The summed E-state index contributed by atoms with van der Waals surface area (Å²) in [6.07, 6.45) is 0. The van der Waals surface area contributed by atoms with Crippen molar-refractivity contribution in [3.05, 3.63) is 181 Å². The third-order valence-electron chi connectivity index (χ3n) is 12.1. The zero-order valence-electron chi connectivity index (χ0n) is 30.5. The van der Waals surface area contributed by atoms with E-state index in [2.05, 4.69) is 184 Å². The summed E-state index contributed by atoms with van der Waals surface area (Å²) in [6.45, 7) is 4.71. The van der Waals surface area contributed by atoms with E-state index < -0.39 is 0 Å². The van der Waals surface area contributed by atoms with Gasteiger partial charge in [-0.3, -0.25) is 0 Å². The van der Waals surface area contributed by atoms with Crippen molar-refractivity contribution in [1.82, 2.24) is 0 Å². The fraction of sp³-hybridized carbons (Fsp3) is 0.0769. The van der Waals surface area contributed by atoms with Crippen molar-refractivity contribution in [1.29, 1.82) is 0 Å². The second kappa shape index (κ2) is 11.4. The van der Waals surface area contributed by atoms with E-state index in [0.29, 0.717) is 0 Å². The number of benzene rings is 9. The lowest BCUT2D eigenvalue weighted by Crippen LogP contribution is -2.15. The van der Waals surface area contributed by atoms with Crippen LogP contribution in [0.4, 0.5) is 11.4 Å². The zero-order valence-corrected chi connectivity index (χ0v) is 30.5. The van der Waals surface area contributed by atoms with Crippen LogP contribution in [0.25, 0.3) is 76.8 Å². The number of rotatable bonds is 3. The van der Waals surface area contributed by atoms with E-state index in [1.165, 1.54) is 88.0 Å². The molecule has 2 heteroatoms. The van der Waals surface area contributed by atoms with Crippen LogP contribution >= 0.6 is 0 Å². The summed E-state index contributed by atoms with van der Waals surface area (Å²) in [5, 5.41) is 7.46. The van der Waals surface area contributed by atoms with E-state index in [-0.39, 0.29) is 5.41 Å². The molecule has 0 radical (unpaired) electrons. The minimum atomic E-state index is -0.0518. The molecule has 11 rings (SSSR count). The smallest absolute Gasteiger partial charge is 0.151 e. The SMILES string of the molecule is CN1c2ccccc2Oc2ccc(-c3c4ccccc4c(-c4ccc5c(c4)-c4ccccc4C5(C)C)c4cc(-c5cccc6ccccc56)ccc34)cc21. The first-order chi connectivity index (χ1) is 26.5. The van der Waals surface area contributed by atoms with E-state index in [4.69, 9.17) is 4.74 Å². The minimum Gasteiger partial charge on any atom is -0.453 e. The van der Waals surface area contributed by atoms with E-state index in [1.54, 1.807) is 0 Å². The largest absolute Gasteiger partial charge is 0.453 e. The van der Waals surface area contributed by atoms with Crippen LogP contribution in [0.15, 0.2) is 170 Å². The number of fused-ring (bicyclic) bond motifs is 8. The summed E-state index contributed by atoms with van der Waals surface area (Å²) >= 11 is 0. The number of hydrogen-bond donors (Lipinski definition) is 0. The maximum Gasteiger partial charge on any atom is 0.151 e. The molecule has 256 valence electrons. The summed E-state index contributed by atoms with van der Waals surface area (Å²) in [4.78, 5) is 2.25. The van der Waals surface area contributed by atoms with Gasteiger partial charge < -0.3 is 9.64 Å². The van der Waals surface area contributed by atoms with Gasteiger partial charge in [-0.1, -0.05) is 147 Å². The Labute approximate surface area is 315 Å². The third-order valence-corrected chi connectivity index (χ3v) is 12.1. The summed E-state index contributed by atoms with van der Waals surface area (Å²) in [6, 6.07) is 62.5. The molecule has 9 aromatic carbocycles. The Morgan fingerprint density at radius 3 is 1.87 bits per heavy atom. The number of nitrogens with zero attached hydrogens (tertiary/aromatic N) is 1. The van der Waals surface area contributed by atoms with E-state index in [1.807, 2.05) is 12.1 Å². The molecule has 0 atom stereocenters. The van der Waals surface area contributed by atoms with E-state index in [9.17, 15) is 0 Å². The topological polar surface area (TPSA) is 12.5 Å². The average Bonchev–Trinajstić information content (AvgIpc) is 3.45. The molecule has 1 aliphatic heterocycles. The molecule has 0 amide bonds. The van der Waals surface area contributed by atoms with E-state index >= 15 is 0 Å². The summed E-state index contributed by atoms with van der Waals surface area (Å²) < 4.78 is 6.42. The predicted molar refractivity (Wildman–Crippen MR) is 227 cm³/mol. The van der Waals surface area contributed by atoms with E-state index in [0.717, 1.165) is 22.9 Å². The number of hydrogen-bond acceptors (Lipinski definition) is 2. The van der Waals surface area contributed by atoms with Crippen LogP contribution < -0.4 is 9.64 Å². The van der Waals surface area contributed by atoms with Crippen molar-refractivity contribution in [2.75, 3.05) is 11.9 Å². The first-order valence-electron chi connectivity index (χ1n) is 18.8. The highest BCUT2D eigenvalue weighted by molar-refractivity contribution is 6.22. The predicted octanol–water partition coefficient (Wildman–Crippen LogP) is 14.3. The molecule has 2 aliphatic rings. The van der Waals surface area contributed by atoms with Gasteiger partial charge in [0, 0.05) is 12.5 Å². The fourth-order valence-electron chi connectivity index (χ4n) is 9.41. The lowest BCUT2D eigenvalue weighted by molar-refractivity contribution is 0.475. The quantitative estimate of drug-likeness (QED) is 0.171. The zero-order chi connectivity index (χ0) is 36.1. The Morgan fingerprint density at radius 2 is 1.00 bits per heavy atom. The van der Waals surface area contributed by atoms with Crippen LogP contribution in [0.5, 0.6) is 11.5 Å². The molecule has 0 fully saturated rings. The molecule has 0 spiro atoms. The molecule has 0 unspecified atom stereocenters. The Morgan fingerprint density at radius 1 is 0.407 bits per heavy atom. The van der Waals surface area contributed by atoms with Crippen molar-refractivity contribution in [2.24, 2.45) is 0 Å². The molecule has 0 aromatic heterocycles. The molecule has 1 aliphatic carbocycles. The minimum absolute atomic E-state index is 0.0518. The van der Waals surface area contributed by atoms with Crippen LogP contribution in [0.1, 0.15) is 25.0 Å². The Bertz CT molecular complexity index is 3020. The van der Waals surface area contributed by atoms with Crippen LogP contribution in [-0.2, 0) is 5.41 Å². The first kappa shape index (κ1) is 30.9. The molecule has 0 bridgehead atoms. The molecular weight excluding hydrogens is 655 g/mol. The third kappa shape index (κ3) is 4.40. The number of anilines is 2. The Balaban J connectivity index is 1.21. The summed E-state index contributed by atoms with van der Waals surface area (Å²) in [7, 11) is 2.13. The van der Waals surface area contributed by atoms with Gasteiger partial charge in [0.1, 0.15) is 0 Å². The highest BCUT2D eigenvalue weighted by Crippen LogP contribution is 2.53. The van der Waals surface area contributed by atoms with Crippen molar-refractivity contribution < 1.29 is 4.74 Å². The molecule has 9 aromatic rings. The Hall–Kier alpha value is -6.64. The van der Waals surface area contributed by atoms with Crippen molar-refractivity contribution >= 4 is 43.7 Å². The standard InChI is InChI=1S/C52H37NO/c1-52(2)44-20-9-8-16-38(44)42-30-34(24-27-45(42)52)51-40-18-7-6-17-39(40)50(35-25-28-49-47(31-35)53(3)46-21-10-11-22-48(46)54-49)41-26-23-33(29-43(41)51)37-19-12-14-32-13-4-5-15-36(32)37/h4-31H,1-3H3. The average molecular weight is 692 g/mol. The van der Waals surface area contributed by atoms with Gasteiger partial charge in [0.25, 0.3) is 0 Å². The molecule has 0 saturated carbocycles. The number of ether oxygens (including phenoxy) is 1. The van der Waals surface area contributed by atoms with Gasteiger partial charge in [0.05, 0.1) is 11.4 Å². The van der Waals surface area contributed by atoms with Crippen molar-refractivity contribution in [2.45, 2.75) is 19.3 Å². The van der Waals surface area contributed by atoms with Crippen molar-refractivity contribution in [3.63, 3.8) is 0 Å². The van der Waals surface area contributed by atoms with Crippen LogP contribution in [0.2, 0.25) is 0 Å².